The van der Waals surface area contributed by atoms with E-state index in [9.17, 15) is 4.39 Å². The van der Waals surface area contributed by atoms with Gasteiger partial charge in [0.25, 0.3) is 0 Å². The van der Waals surface area contributed by atoms with Crippen LogP contribution in [0.5, 0.6) is 0 Å². The van der Waals surface area contributed by atoms with Gasteiger partial charge in [-0.15, -0.1) is 0 Å². The van der Waals surface area contributed by atoms with Crippen LogP contribution in [0, 0.1) is 5.82 Å². The number of likely N-dealkylation sites (tertiary alicyclic amines) is 1. The Hall–Kier alpha value is -2.77. The van der Waals surface area contributed by atoms with Gasteiger partial charge in [0.2, 0.25) is 0 Å². The third-order valence-corrected chi connectivity index (χ3v) is 5.25. The molecule has 6 nitrogen and oxygen atoms in total. The standard InChI is InChI=1S/C21H24FN5O/c22-18-3-1-16(2-4-18)19-14-21(26-25-19)24-20-13-17(5-8-23-20)15-6-9-27(10-7-15)11-12-28/h1-5,8,13-15,28H,6-7,9-12H2,(H2,23,24,25,26). The predicted octanol–water partition coefficient (Wildman–Crippen LogP) is 3.53. The summed E-state index contributed by atoms with van der Waals surface area (Å²) in [5, 5.41) is 19.6. The topological polar surface area (TPSA) is 77.1 Å². The lowest BCUT2D eigenvalue weighted by Crippen LogP contribution is -2.34. The number of rotatable bonds is 6. The average Bonchev–Trinajstić information content (AvgIpc) is 3.18. The van der Waals surface area contributed by atoms with Gasteiger partial charge in [-0.25, -0.2) is 9.37 Å². The van der Waals surface area contributed by atoms with Crippen molar-refractivity contribution in [2.45, 2.75) is 18.8 Å². The van der Waals surface area contributed by atoms with Crippen molar-refractivity contribution in [2.75, 3.05) is 31.6 Å². The quantitative estimate of drug-likeness (QED) is 0.609. The second-order valence-corrected chi connectivity index (χ2v) is 7.11. The molecular formula is C21H24FN5O. The number of benzene rings is 1. The number of H-pyrrole nitrogens is 1. The monoisotopic (exact) mass is 381 g/mol. The Bertz CT molecular complexity index is 903. The van der Waals surface area contributed by atoms with Gasteiger partial charge in [-0.2, -0.15) is 5.10 Å². The second-order valence-electron chi connectivity index (χ2n) is 7.11. The molecule has 1 fully saturated rings. The number of aromatic amines is 1. The number of aliphatic hydroxyl groups excluding tert-OH is 1. The molecule has 0 radical (unpaired) electrons. The van der Waals surface area contributed by atoms with E-state index in [0.717, 1.165) is 49.6 Å². The zero-order chi connectivity index (χ0) is 19.3. The van der Waals surface area contributed by atoms with E-state index in [1.54, 1.807) is 12.1 Å². The number of hydrogen-bond donors (Lipinski definition) is 3. The zero-order valence-corrected chi connectivity index (χ0v) is 15.6. The number of nitrogens with one attached hydrogen (secondary N) is 2. The van der Waals surface area contributed by atoms with Crippen molar-refractivity contribution in [1.29, 1.82) is 0 Å². The first kappa shape index (κ1) is 18.6. The molecule has 3 heterocycles. The van der Waals surface area contributed by atoms with Crippen LogP contribution in [0.3, 0.4) is 0 Å². The third-order valence-electron chi connectivity index (χ3n) is 5.25. The van der Waals surface area contributed by atoms with Crippen LogP contribution in [-0.4, -0.2) is 51.4 Å². The first-order valence-corrected chi connectivity index (χ1v) is 9.59. The predicted molar refractivity (Wildman–Crippen MR) is 107 cm³/mol. The summed E-state index contributed by atoms with van der Waals surface area (Å²) in [5.41, 5.74) is 2.96. The van der Waals surface area contributed by atoms with E-state index in [1.807, 2.05) is 12.3 Å². The molecule has 146 valence electrons. The van der Waals surface area contributed by atoms with Crippen molar-refractivity contribution in [3.63, 3.8) is 0 Å². The minimum atomic E-state index is -0.259. The van der Waals surface area contributed by atoms with Gasteiger partial charge in [-0.05, 0) is 79.4 Å². The maximum Gasteiger partial charge on any atom is 0.153 e. The van der Waals surface area contributed by atoms with Crippen LogP contribution in [0.4, 0.5) is 16.0 Å². The maximum absolute atomic E-state index is 13.1. The normalized spacial score (nSPS) is 15.6. The Labute approximate surface area is 163 Å². The van der Waals surface area contributed by atoms with E-state index >= 15 is 0 Å². The Morgan fingerprint density at radius 1 is 1.11 bits per heavy atom. The Morgan fingerprint density at radius 2 is 1.89 bits per heavy atom. The van der Waals surface area contributed by atoms with E-state index in [2.05, 4.69) is 37.5 Å². The lowest BCUT2D eigenvalue weighted by Gasteiger charge is -2.31. The summed E-state index contributed by atoms with van der Waals surface area (Å²) in [6.45, 7) is 3.00. The summed E-state index contributed by atoms with van der Waals surface area (Å²) < 4.78 is 13.1. The highest BCUT2D eigenvalue weighted by Crippen LogP contribution is 2.29. The second kappa shape index (κ2) is 8.50. The SMILES string of the molecule is OCCN1CCC(c2ccnc(Nc3cc(-c4ccc(F)cc4)[nH]n3)c2)CC1. The summed E-state index contributed by atoms with van der Waals surface area (Å²) in [7, 11) is 0. The minimum Gasteiger partial charge on any atom is -0.395 e. The summed E-state index contributed by atoms with van der Waals surface area (Å²) in [6.07, 6.45) is 3.99. The zero-order valence-electron chi connectivity index (χ0n) is 15.6. The van der Waals surface area contributed by atoms with Crippen molar-refractivity contribution in [2.24, 2.45) is 0 Å². The lowest BCUT2D eigenvalue weighted by atomic mass is 9.90. The molecular weight excluding hydrogens is 357 g/mol. The Morgan fingerprint density at radius 3 is 2.64 bits per heavy atom. The molecule has 1 aliphatic rings. The molecule has 2 aromatic heterocycles. The molecule has 1 saturated heterocycles. The molecule has 0 bridgehead atoms. The summed E-state index contributed by atoms with van der Waals surface area (Å²) >= 11 is 0. The van der Waals surface area contributed by atoms with Gasteiger partial charge in [0.1, 0.15) is 11.6 Å². The van der Waals surface area contributed by atoms with Gasteiger partial charge in [-0.1, -0.05) is 0 Å². The van der Waals surface area contributed by atoms with Crippen LogP contribution in [0.1, 0.15) is 24.3 Å². The number of β-amino-alcohol motifs (C(OH)–C–C–N with tert-alkyl or cyclic N) is 1. The number of anilines is 2. The van der Waals surface area contributed by atoms with Crippen LogP contribution in [0.15, 0.2) is 48.7 Å². The molecule has 0 saturated carbocycles. The first-order valence-electron chi connectivity index (χ1n) is 9.59. The average molecular weight is 381 g/mol. The highest BCUT2D eigenvalue weighted by atomic mass is 19.1. The number of nitrogens with zero attached hydrogens (tertiary/aromatic N) is 3. The van der Waals surface area contributed by atoms with E-state index in [4.69, 9.17) is 5.11 Å². The van der Waals surface area contributed by atoms with Crippen molar-refractivity contribution in [3.8, 4) is 11.3 Å². The molecule has 0 amide bonds. The van der Waals surface area contributed by atoms with E-state index in [-0.39, 0.29) is 12.4 Å². The molecule has 3 aromatic rings. The fourth-order valence-electron chi connectivity index (χ4n) is 3.69. The highest BCUT2D eigenvalue weighted by molar-refractivity contribution is 5.65. The van der Waals surface area contributed by atoms with Crippen molar-refractivity contribution < 1.29 is 9.50 Å². The van der Waals surface area contributed by atoms with Crippen LogP contribution < -0.4 is 5.32 Å². The van der Waals surface area contributed by atoms with Crippen molar-refractivity contribution in [3.05, 3.63) is 60.0 Å². The van der Waals surface area contributed by atoms with Gasteiger partial charge in [-0.3, -0.25) is 5.10 Å². The minimum absolute atomic E-state index is 0.220. The number of piperidine rings is 1. The van der Waals surface area contributed by atoms with Crippen LogP contribution in [0.2, 0.25) is 0 Å². The highest BCUT2D eigenvalue weighted by Gasteiger charge is 2.20. The molecule has 0 atom stereocenters. The van der Waals surface area contributed by atoms with Crippen molar-refractivity contribution in [1.82, 2.24) is 20.1 Å². The lowest BCUT2D eigenvalue weighted by molar-refractivity contribution is 0.164. The van der Waals surface area contributed by atoms with Gasteiger partial charge >= 0.3 is 0 Å². The molecule has 28 heavy (non-hydrogen) atoms. The van der Waals surface area contributed by atoms with Gasteiger partial charge in [0.15, 0.2) is 5.82 Å². The molecule has 0 aliphatic carbocycles. The summed E-state index contributed by atoms with van der Waals surface area (Å²) in [6, 6.07) is 12.3. The van der Waals surface area contributed by atoms with Crippen LogP contribution >= 0.6 is 0 Å². The summed E-state index contributed by atoms with van der Waals surface area (Å²) in [4.78, 5) is 6.71. The molecule has 3 N–H and O–H groups in total. The van der Waals surface area contributed by atoms with E-state index in [1.165, 1.54) is 17.7 Å². The Balaban J connectivity index is 1.42. The number of aromatic nitrogens is 3. The molecule has 1 aromatic carbocycles. The maximum atomic E-state index is 13.1. The number of halogens is 1. The molecule has 0 unspecified atom stereocenters. The molecule has 0 spiro atoms. The largest absolute Gasteiger partial charge is 0.395 e. The van der Waals surface area contributed by atoms with E-state index in [0.29, 0.717) is 11.7 Å². The van der Waals surface area contributed by atoms with Crippen LogP contribution in [-0.2, 0) is 0 Å². The smallest absolute Gasteiger partial charge is 0.153 e. The summed E-state index contributed by atoms with van der Waals surface area (Å²) in [5.74, 6) is 1.67. The van der Waals surface area contributed by atoms with Crippen LogP contribution in [0.25, 0.3) is 11.3 Å². The molecule has 7 heteroatoms. The fourth-order valence-corrected chi connectivity index (χ4v) is 3.69. The number of hydrogen-bond acceptors (Lipinski definition) is 5. The molecule has 4 rings (SSSR count). The van der Waals surface area contributed by atoms with Gasteiger partial charge in [0.05, 0.1) is 12.3 Å². The third kappa shape index (κ3) is 4.37. The molecule has 1 aliphatic heterocycles. The first-order chi connectivity index (χ1) is 13.7. The van der Waals surface area contributed by atoms with Gasteiger partial charge < -0.3 is 15.3 Å². The Kier molecular flexibility index (Phi) is 5.64. The van der Waals surface area contributed by atoms with Gasteiger partial charge in [0, 0.05) is 18.8 Å². The number of aliphatic hydroxyl groups is 1. The fraction of sp³-hybridized carbons (Fsp3) is 0.333. The van der Waals surface area contributed by atoms with Crippen molar-refractivity contribution >= 4 is 11.6 Å². The number of pyridine rings is 1. The van der Waals surface area contributed by atoms with E-state index < -0.39 is 0 Å².